The Morgan fingerprint density at radius 3 is 2.83 bits per heavy atom. The average molecular weight is 177 g/mol. The zero-order valence-corrected chi connectivity index (χ0v) is 7.10. The van der Waals surface area contributed by atoms with Crippen LogP contribution in [0, 0.1) is 0 Å². The van der Waals surface area contributed by atoms with Gasteiger partial charge in [-0.2, -0.15) is 11.3 Å². The zero-order chi connectivity index (χ0) is 8.39. The van der Waals surface area contributed by atoms with Crippen LogP contribution in [0.15, 0.2) is 40.0 Å². The third-order valence-electron chi connectivity index (χ3n) is 1.63. The molecule has 0 saturated heterocycles. The molecule has 2 aromatic heterocycles. The molecule has 0 saturated carbocycles. The second-order valence-corrected chi connectivity index (χ2v) is 3.23. The van der Waals surface area contributed by atoms with Gasteiger partial charge in [-0.1, -0.05) is 0 Å². The summed E-state index contributed by atoms with van der Waals surface area (Å²) in [5.74, 6) is 0. The van der Waals surface area contributed by atoms with Crippen molar-refractivity contribution < 1.29 is 0 Å². The second kappa shape index (κ2) is 2.95. The number of rotatable bonds is 1. The molecule has 0 aliphatic heterocycles. The zero-order valence-electron chi connectivity index (χ0n) is 6.28. The van der Waals surface area contributed by atoms with Gasteiger partial charge in [0.15, 0.2) is 0 Å². The van der Waals surface area contributed by atoms with Crippen molar-refractivity contribution in [2.75, 3.05) is 0 Å². The van der Waals surface area contributed by atoms with Crippen LogP contribution in [0.5, 0.6) is 0 Å². The average Bonchev–Trinajstić information content (AvgIpc) is 2.56. The normalized spacial score (nSPS) is 10.0. The van der Waals surface area contributed by atoms with Crippen molar-refractivity contribution in [1.29, 1.82) is 0 Å². The molecular weight excluding hydrogens is 170 g/mol. The minimum Gasteiger partial charge on any atom is -0.329 e. The van der Waals surface area contributed by atoms with Gasteiger partial charge in [-0.15, -0.1) is 0 Å². The van der Waals surface area contributed by atoms with Gasteiger partial charge in [0.05, 0.1) is 0 Å². The molecule has 0 fully saturated rings. The summed E-state index contributed by atoms with van der Waals surface area (Å²) >= 11 is 1.63. The standard InChI is InChI=1S/C9H7NOS/c11-9-5-7(1-3-10-9)8-2-4-12-6-8/h1-6H,(H,10,11). The fraction of sp³-hybridized carbons (Fsp3) is 0. The van der Waals surface area contributed by atoms with Gasteiger partial charge < -0.3 is 4.98 Å². The van der Waals surface area contributed by atoms with Gasteiger partial charge in [-0.25, -0.2) is 0 Å². The van der Waals surface area contributed by atoms with Crippen LogP contribution >= 0.6 is 11.3 Å². The van der Waals surface area contributed by atoms with Crippen LogP contribution in [-0.4, -0.2) is 4.98 Å². The lowest BCUT2D eigenvalue weighted by molar-refractivity contribution is 1.24. The Balaban J connectivity index is 2.55. The van der Waals surface area contributed by atoms with Crippen molar-refractivity contribution in [2.24, 2.45) is 0 Å². The van der Waals surface area contributed by atoms with Gasteiger partial charge in [0.2, 0.25) is 5.56 Å². The van der Waals surface area contributed by atoms with E-state index in [-0.39, 0.29) is 5.56 Å². The Morgan fingerprint density at radius 1 is 1.25 bits per heavy atom. The Hall–Kier alpha value is -1.35. The highest BCUT2D eigenvalue weighted by atomic mass is 32.1. The second-order valence-electron chi connectivity index (χ2n) is 2.45. The molecule has 2 rings (SSSR count). The van der Waals surface area contributed by atoms with Crippen molar-refractivity contribution in [3.63, 3.8) is 0 Å². The lowest BCUT2D eigenvalue weighted by Crippen LogP contribution is -2.01. The third-order valence-corrected chi connectivity index (χ3v) is 2.31. The topological polar surface area (TPSA) is 32.9 Å². The molecule has 0 amide bonds. The number of hydrogen-bond acceptors (Lipinski definition) is 2. The van der Waals surface area contributed by atoms with E-state index in [0.717, 1.165) is 11.1 Å². The van der Waals surface area contributed by atoms with E-state index >= 15 is 0 Å². The number of pyridine rings is 1. The summed E-state index contributed by atoms with van der Waals surface area (Å²) in [6, 6.07) is 5.49. The molecule has 0 bridgehead atoms. The summed E-state index contributed by atoms with van der Waals surface area (Å²) in [5, 5.41) is 4.02. The smallest absolute Gasteiger partial charge is 0.248 e. The number of aromatic nitrogens is 1. The largest absolute Gasteiger partial charge is 0.329 e. The summed E-state index contributed by atoms with van der Waals surface area (Å²) in [6.45, 7) is 0. The fourth-order valence-electron chi connectivity index (χ4n) is 1.05. The Bertz CT molecular complexity index is 416. The first-order valence-corrected chi connectivity index (χ1v) is 4.52. The molecule has 1 N–H and O–H groups in total. The highest BCUT2D eigenvalue weighted by Gasteiger charge is 1.96. The molecule has 0 aliphatic rings. The van der Waals surface area contributed by atoms with E-state index in [1.54, 1.807) is 23.6 Å². The van der Waals surface area contributed by atoms with Crippen molar-refractivity contribution in [1.82, 2.24) is 4.98 Å². The number of hydrogen-bond donors (Lipinski definition) is 1. The van der Waals surface area contributed by atoms with Crippen molar-refractivity contribution in [2.45, 2.75) is 0 Å². The van der Waals surface area contributed by atoms with E-state index in [1.165, 1.54) is 0 Å². The maximum absolute atomic E-state index is 10.9. The Kier molecular flexibility index (Phi) is 1.80. The molecule has 0 aliphatic carbocycles. The molecule has 12 heavy (non-hydrogen) atoms. The molecule has 0 aromatic carbocycles. The molecular formula is C9H7NOS. The predicted octanol–water partition coefficient (Wildman–Crippen LogP) is 2.10. The van der Waals surface area contributed by atoms with Gasteiger partial charge in [-0.05, 0) is 34.0 Å². The van der Waals surface area contributed by atoms with Crippen LogP contribution in [0.3, 0.4) is 0 Å². The van der Waals surface area contributed by atoms with Gasteiger partial charge in [0.25, 0.3) is 0 Å². The monoisotopic (exact) mass is 177 g/mol. The first-order valence-electron chi connectivity index (χ1n) is 3.57. The molecule has 0 radical (unpaired) electrons. The van der Waals surface area contributed by atoms with Crippen LogP contribution in [-0.2, 0) is 0 Å². The van der Waals surface area contributed by atoms with Gasteiger partial charge in [0.1, 0.15) is 0 Å². The van der Waals surface area contributed by atoms with Crippen LogP contribution in [0.25, 0.3) is 11.1 Å². The van der Waals surface area contributed by atoms with E-state index in [2.05, 4.69) is 4.98 Å². The first kappa shape index (κ1) is 7.31. The van der Waals surface area contributed by atoms with Crippen LogP contribution < -0.4 is 5.56 Å². The minimum atomic E-state index is -0.0568. The molecule has 2 aromatic rings. The minimum absolute atomic E-state index is 0.0568. The fourth-order valence-corrected chi connectivity index (χ4v) is 1.72. The van der Waals surface area contributed by atoms with Crippen LogP contribution in [0.1, 0.15) is 0 Å². The molecule has 60 valence electrons. The van der Waals surface area contributed by atoms with Crippen molar-refractivity contribution in [3.05, 3.63) is 45.5 Å². The highest BCUT2D eigenvalue weighted by molar-refractivity contribution is 7.08. The van der Waals surface area contributed by atoms with Crippen LogP contribution in [0.4, 0.5) is 0 Å². The number of H-pyrrole nitrogens is 1. The third kappa shape index (κ3) is 1.31. The highest BCUT2D eigenvalue weighted by Crippen LogP contribution is 2.19. The Labute approximate surface area is 73.5 Å². The SMILES string of the molecule is O=c1cc(-c2ccsc2)cc[nH]1. The van der Waals surface area contributed by atoms with E-state index in [1.807, 2.05) is 22.9 Å². The van der Waals surface area contributed by atoms with E-state index in [0.29, 0.717) is 0 Å². The summed E-state index contributed by atoms with van der Waals surface area (Å²) in [5.41, 5.74) is 2.02. The summed E-state index contributed by atoms with van der Waals surface area (Å²) in [6.07, 6.45) is 1.66. The van der Waals surface area contributed by atoms with Crippen molar-refractivity contribution in [3.8, 4) is 11.1 Å². The maximum Gasteiger partial charge on any atom is 0.248 e. The number of aromatic amines is 1. The molecule has 0 unspecified atom stereocenters. The lowest BCUT2D eigenvalue weighted by atomic mass is 10.1. The van der Waals surface area contributed by atoms with Crippen molar-refractivity contribution >= 4 is 11.3 Å². The summed E-state index contributed by atoms with van der Waals surface area (Å²) in [7, 11) is 0. The maximum atomic E-state index is 10.9. The molecule has 0 atom stereocenters. The van der Waals surface area contributed by atoms with Gasteiger partial charge in [-0.3, -0.25) is 4.79 Å². The summed E-state index contributed by atoms with van der Waals surface area (Å²) < 4.78 is 0. The van der Waals surface area contributed by atoms with E-state index < -0.39 is 0 Å². The predicted molar refractivity (Wildman–Crippen MR) is 50.4 cm³/mol. The molecule has 2 nitrogen and oxygen atoms in total. The summed E-state index contributed by atoms with van der Waals surface area (Å²) in [4.78, 5) is 13.5. The van der Waals surface area contributed by atoms with E-state index in [4.69, 9.17) is 0 Å². The van der Waals surface area contributed by atoms with E-state index in [9.17, 15) is 4.79 Å². The van der Waals surface area contributed by atoms with Gasteiger partial charge in [0, 0.05) is 12.3 Å². The van der Waals surface area contributed by atoms with Crippen LogP contribution in [0.2, 0.25) is 0 Å². The molecule has 0 spiro atoms. The van der Waals surface area contributed by atoms with Gasteiger partial charge >= 0.3 is 0 Å². The quantitative estimate of drug-likeness (QED) is 0.711. The molecule has 2 heterocycles. The lowest BCUT2D eigenvalue weighted by Gasteiger charge is -1.93. The number of thiophene rings is 1. The first-order chi connectivity index (χ1) is 5.86. The number of nitrogens with one attached hydrogen (secondary N) is 1. The molecule has 3 heteroatoms. The Morgan fingerprint density at radius 2 is 2.17 bits per heavy atom.